The van der Waals surface area contributed by atoms with Crippen LogP contribution < -0.4 is 15.1 Å². The molecule has 1 rings (SSSR count). The lowest BCUT2D eigenvalue weighted by atomic mass is 10.1. The Labute approximate surface area is 90.7 Å². The first-order chi connectivity index (χ1) is 7.19. The highest BCUT2D eigenvalue weighted by Crippen LogP contribution is 2.23. The Hall–Kier alpha value is -1.26. The molecule has 0 atom stereocenters. The van der Waals surface area contributed by atoms with Gasteiger partial charge in [-0.15, -0.1) is 0 Å². The third-order valence-electron chi connectivity index (χ3n) is 2.19. The zero-order valence-corrected chi connectivity index (χ0v) is 9.70. The summed E-state index contributed by atoms with van der Waals surface area (Å²) in [6, 6.07) is 6.06. The van der Waals surface area contributed by atoms with Gasteiger partial charge in [-0.25, -0.2) is 0 Å². The zero-order chi connectivity index (χ0) is 11.3. The van der Waals surface area contributed by atoms with Crippen molar-refractivity contribution in [3.8, 4) is 5.75 Å². The van der Waals surface area contributed by atoms with E-state index in [-0.39, 0.29) is 0 Å². The average molecular weight is 210 g/mol. The summed E-state index contributed by atoms with van der Waals surface area (Å²) in [5.41, 5.74) is 5.02. The maximum atomic E-state index is 5.26. The molecule has 1 N–H and O–H groups in total. The van der Waals surface area contributed by atoms with Gasteiger partial charge < -0.3 is 14.5 Å². The highest BCUT2D eigenvalue weighted by atomic mass is 16.6. The Balaban J connectivity index is 2.91. The van der Waals surface area contributed by atoms with E-state index in [9.17, 15) is 0 Å². The van der Waals surface area contributed by atoms with Gasteiger partial charge in [-0.05, 0) is 18.2 Å². The fraction of sp³-hybridized carbons (Fsp3) is 0.455. The number of anilines is 1. The van der Waals surface area contributed by atoms with E-state index in [0.717, 1.165) is 17.0 Å². The van der Waals surface area contributed by atoms with Crippen molar-refractivity contribution in [2.24, 2.45) is 0 Å². The van der Waals surface area contributed by atoms with E-state index in [1.807, 2.05) is 26.2 Å². The van der Waals surface area contributed by atoms with Crippen LogP contribution in [-0.4, -0.2) is 28.3 Å². The molecule has 0 aliphatic rings. The molecule has 1 aromatic rings. The average Bonchev–Trinajstić information content (AvgIpc) is 2.25. The molecule has 84 valence electrons. The highest BCUT2D eigenvalue weighted by molar-refractivity contribution is 5.52. The predicted octanol–water partition coefficient (Wildman–Crippen LogP) is 1.41. The van der Waals surface area contributed by atoms with Crippen LogP contribution in [0.25, 0.3) is 0 Å². The molecule has 0 unspecified atom stereocenters. The quantitative estimate of drug-likeness (QED) is 0.745. The molecule has 1 aromatic carbocycles. The normalized spacial score (nSPS) is 10.1. The molecule has 0 aliphatic heterocycles. The van der Waals surface area contributed by atoms with Gasteiger partial charge in [-0.3, -0.25) is 0 Å². The van der Waals surface area contributed by atoms with E-state index >= 15 is 0 Å². The molecule has 15 heavy (non-hydrogen) atoms. The van der Waals surface area contributed by atoms with Crippen molar-refractivity contribution in [3.05, 3.63) is 23.8 Å². The number of benzene rings is 1. The maximum Gasteiger partial charge on any atom is 0.123 e. The molecule has 0 amide bonds. The lowest BCUT2D eigenvalue weighted by molar-refractivity contribution is 0.0861. The Morgan fingerprint density at radius 2 is 2.00 bits per heavy atom. The van der Waals surface area contributed by atoms with E-state index in [0.29, 0.717) is 6.54 Å². The van der Waals surface area contributed by atoms with E-state index in [2.05, 4.69) is 16.4 Å². The Bertz CT molecular complexity index is 313. The monoisotopic (exact) mass is 210 g/mol. The van der Waals surface area contributed by atoms with Gasteiger partial charge in [0.05, 0.1) is 14.2 Å². The van der Waals surface area contributed by atoms with Crippen LogP contribution in [0.1, 0.15) is 5.56 Å². The van der Waals surface area contributed by atoms with Gasteiger partial charge in [0.25, 0.3) is 0 Å². The summed E-state index contributed by atoms with van der Waals surface area (Å²) in [4.78, 5) is 6.88. The van der Waals surface area contributed by atoms with Crippen LogP contribution in [0.15, 0.2) is 18.2 Å². The van der Waals surface area contributed by atoms with E-state index in [1.165, 1.54) is 0 Å². The first-order valence-electron chi connectivity index (χ1n) is 4.79. The lowest BCUT2D eigenvalue weighted by Gasteiger charge is -2.16. The molecular weight excluding hydrogens is 192 g/mol. The molecule has 4 nitrogen and oxygen atoms in total. The second-order valence-electron chi connectivity index (χ2n) is 3.42. The number of nitrogens with zero attached hydrogens (tertiary/aromatic N) is 1. The largest absolute Gasteiger partial charge is 0.496 e. The van der Waals surface area contributed by atoms with Crippen molar-refractivity contribution in [1.29, 1.82) is 0 Å². The molecule has 4 heteroatoms. The van der Waals surface area contributed by atoms with Crippen LogP contribution in [0.2, 0.25) is 0 Å². The van der Waals surface area contributed by atoms with E-state index in [1.54, 1.807) is 14.2 Å². The first-order valence-corrected chi connectivity index (χ1v) is 4.79. The summed E-state index contributed by atoms with van der Waals surface area (Å²) in [7, 11) is 7.29. The number of rotatable bonds is 5. The van der Waals surface area contributed by atoms with Crippen LogP contribution in [-0.2, 0) is 11.4 Å². The fourth-order valence-electron chi connectivity index (χ4n) is 1.33. The SMILES string of the molecule is CONCc1cc(N(C)C)ccc1OC. The van der Waals surface area contributed by atoms with Crippen molar-refractivity contribution < 1.29 is 9.57 Å². The third kappa shape index (κ3) is 3.11. The molecule has 0 aromatic heterocycles. The minimum Gasteiger partial charge on any atom is -0.496 e. The summed E-state index contributed by atoms with van der Waals surface area (Å²) >= 11 is 0. The summed E-state index contributed by atoms with van der Waals surface area (Å²) < 4.78 is 5.26. The molecule has 0 fully saturated rings. The molecule has 0 aliphatic carbocycles. The highest BCUT2D eigenvalue weighted by Gasteiger charge is 2.05. The van der Waals surface area contributed by atoms with Gasteiger partial charge in [0.1, 0.15) is 5.75 Å². The zero-order valence-electron chi connectivity index (χ0n) is 9.70. The lowest BCUT2D eigenvalue weighted by Crippen LogP contribution is -2.13. The second kappa shape index (κ2) is 5.58. The fourth-order valence-corrected chi connectivity index (χ4v) is 1.33. The first kappa shape index (κ1) is 11.8. The summed E-state index contributed by atoms with van der Waals surface area (Å²) in [5.74, 6) is 0.866. The Morgan fingerprint density at radius 1 is 1.27 bits per heavy atom. The Morgan fingerprint density at radius 3 is 2.53 bits per heavy atom. The van der Waals surface area contributed by atoms with Gasteiger partial charge in [0.15, 0.2) is 0 Å². The molecule has 0 saturated heterocycles. The number of methoxy groups -OCH3 is 1. The van der Waals surface area contributed by atoms with Crippen LogP contribution >= 0.6 is 0 Å². The summed E-state index contributed by atoms with van der Waals surface area (Å²) in [6.07, 6.45) is 0. The smallest absolute Gasteiger partial charge is 0.123 e. The summed E-state index contributed by atoms with van der Waals surface area (Å²) in [6.45, 7) is 0.626. The molecule has 0 spiro atoms. The number of ether oxygens (including phenoxy) is 1. The van der Waals surface area contributed by atoms with Gasteiger partial charge in [-0.1, -0.05) is 0 Å². The van der Waals surface area contributed by atoms with Gasteiger partial charge in [0.2, 0.25) is 0 Å². The third-order valence-corrected chi connectivity index (χ3v) is 2.19. The van der Waals surface area contributed by atoms with Crippen LogP contribution in [0.4, 0.5) is 5.69 Å². The minimum absolute atomic E-state index is 0.626. The van der Waals surface area contributed by atoms with Crippen molar-refractivity contribution in [1.82, 2.24) is 5.48 Å². The minimum atomic E-state index is 0.626. The number of hydrogen-bond acceptors (Lipinski definition) is 4. The van der Waals surface area contributed by atoms with Gasteiger partial charge >= 0.3 is 0 Å². The molecule has 0 radical (unpaired) electrons. The molecule has 0 heterocycles. The van der Waals surface area contributed by atoms with E-state index in [4.69, 9.17) is 9.57 Å². The van der Waals surface area contributed by atoms with E-state index < -0.39 is 0 Å². The van der Waals surface area contributed by atoms with Crippen LogP contribution in [0.5, 0.6) is 5.75 Å². The number of hydrogen-bond donors (Lipinski definition) is 1. The number of nitrogens with one attached hydrogen (secondary N) is 1. The van der Waals surface area contributed by atoms with Crippen LogP contribution in [0.3, 0.4) is 0 Å². The molecule has 0 saturated carbocycles. The van der Waals surface area contributed by atoms with Gasteiger partial charge in [0, 0.05) is 31.9 Å². The van der Waals surface area contributed by atoms with Crippen LogP contribution in [0, 0.1) is 0 Å². The second-order valence-corrected chi connectivity index (χ2v) is 3.42. The predicted molar refractivity (Wildman–Crippen MR) is 61.2 cm³/mol. The van der Waals surface area contributed by atoms with Crippen molar-refractivity contribution >= 4 is 5.69 Å². The summed E-state index contributed by atoms with van der Waals surface area (Å²) in [5, 5.41) is 0. The number of hydroxylamine groups is 1. The standard InChI is InChI=1S/C11H18N2O2/c1-13(2)10-5-6-11(14-3)9(7-10)8-12-15-4/h5-7,12H,8H2,1-4H3. The topological polar surface area (TPSA) is 33.7 Å². The molecular formula is C11H18N2O2. The van der Waals surface area contributed by atoms with Crippen molar-refractivity contribution in [2.75, 3.05) is 33.2 Å². The van der Waals surface area contributed by atoms with Crippen molar-refractivity contribution in [3.63, 3.8) is 0 Å². The van der Waals surface area contributed by atoms with Gasteiger partial charge in [-0.2, -0.15) is 5.48 Å². The maximum absolute atomic E-state index is 5.26. The van der Waals surface area contributed by atoms with Crippen molar-refractivity contribution in [2.45, 2.75) is 6.54 Å². The Kier molecular flexibility index (Phi) is 4.39. The molecule has 0 bridgehead atoms.